The number of carbonyl (C=O) groups is 1. The number of likely N-dealkylation sites (tertiary alicyclic amines) is 1. The highest BCUT2D eigenvalue weighted by Crippen LogP contribution is 2.33. The largest absolute Gasteiger partial charge is 0.340 e. The van der Waals surface area contributed by atoms with Gasteiger partial charge in [-0.3, -0.25) is 4.79 Å². The number of rotatable bonds is 2. The Bertz CT molecular complexity index is 292. The van der Waals surface area contributed by atoms with Gasteiger partial charge in [0.25, 0.3) is 0 Å². The van der Waals surface area contributed by atoms with Crippen molar-refractivity contribution in [1.82, 2.24) is 4.90 Å². The number of amides is 1. The molecule has 1 aliphatic heterocycles. The van der Waals surface area contributed by atoms with E-state index in [2.05, 4.69) is 18.7 Å². The molecule has 0 spiro atoms. The molecule has 3 nitrogen and oxygen atoms in total. The van der Waals surface area contributed by atoms with Crippen LogP contribution in [0.4, 0.5) is 0 Å². The van der Waals surface area contributed by atoms with E-state index in [1.54, 1.807) is 0 Å². The predicted octanol–water partition coefficient (Wildman–Crippen LogP) is 2.72. The van der Waals surface area contributed by atoms with E-state index in [0.29, 0.717) is 18.4 Å². The van der Waals surface area contributed by atoms with Gasteiger partial charge in [0.15, 0.2) is 0 Å². The summed E-state index contributed by atoms with van der Waals surface area (Å²) in [6.07, 6.45) is 7.45. The van der Waals surface area contributed by atoms with Crippen LogP contribution in [0.2, 0.25) is 0 Å². The average molecular weight is 275 g/mol. The Morgan fingerprint density at radius 2 is 1.94 bits per heavy atom. The predicted molar refractivity (Wildman–Crippen MR) is 76.8 cm³/mol. The van der Waals surface area contributed by atoms with E-state index in [-0.39, 0.29) is 23.9 Å². The summed E-state index contributed by atoms with van der Waals surface area (Å²) in [7, 11) is 0. The van der Waals surface area contributed by atoms with Crippen LogP contribution in [0.3, 0.4) is 0 Å². The normalized spacial score (nSPS) is 30.9. The van der Waals surface area contributed by atoms with Crippen LogP contribution in [-0.2, 0) is 4.79 Å². The summed E-state index contributed by atoms with van der Waals surface area (Å²) in [4.78, 5) is 14.4. The van der Waals surface area contributed by atoms with Crippen LogP contribution >= 0.6 is 12.4 Å². The summed E-state index contributed by atoms with van der Waals surface area (Å²) in [5.74, 6) is 0.924. The van der Waals surface area contributed by atoms with Crippen molar-refractivity contribution in [1.29, 1.82) is 0 Å². The molecule has 2 atom stereocenters. The lowest BCUT2D eigenvalue weighted by atomic mass is 9.75. The highest BCUT2D eigenvalue weighted by Gasteiger charge is 2.37. The van der Waals surface area contributed by atoms with Gasteiger partial charge in [-0.1, -0.05) is 13.3 Å². The maximum absolute atomic E-state index is 12.4. The van der Waals surface area contributed by atoms with Crippen molar-refractivity contribution in [2.45, 2.75) is 70.4 Å². The summed E-state index contributed by atoms with van der Waals surface area (Å²) in [5.41, 5.74) is 6.01. The first kappa shape index (κ1) is 15.8. The van der Waals surface area contributed by atoms with Crippen LogP contribution < -0.4 is 5.73 Å². The van der Waals surface area contributed by atoms with E-state index >= 15 is 0 Å². The first-order valence-corrected chi connectivity index (χ1v) is 7.08. The number of hydrogen-bond acceptors (Lipinski definition) is 2. The van der Waals surface area contributed by atoms with Gasteiger partial charge in [0.05, 0.1) is 0 Å². The maximum atomic E-state index is 12.4. The summed E-state index contributed by atoms with van der Waals surface area (Å²) in [6, 6.07) is 0.399. The number of carbonyl (C=O) groups excluding carboxylic acids is 1. The van der Waals surface area contributed by atoms with Crippen molar-refractivity contribution in [2.75, 3.05) is 6.54 Å². The van der Waals surface area contributed by atoms with Crippen molar-refractivity contribution >= 4 is 18.3 Å². The fourth-order valence-electron chi connectivity index (χ4n) is 3.08. The van der Waals surface area contributed by atoms with E-state index in [1.165, 1.54) is 19.3 Å². The van der Waals surface area contributed by atoms with Crippen LogP contribution in [0.5, 0.6) is 0 Å². The van der Waals surface area contributed by atoms with Gasteiger partial charge in [-0.25, -0.2) is 0 Å². The second-order valence-electron chi connectivity index (χ2n) is 6.32. The molecule has 1 heterocycles. The summed E-state index contributed by atoms with van der Waals surface area (Å²) < 4.78 is 0. The smallest absolute Gasteiger partial charge is 0.224 e. The van der Waals surface area contributed by atoms with Gasteiger partial charge in [-0.15, -0.1) is 12.4 Å². The minimum Gasteiger partial charge on any atom is -0.340 e. The van der Waals surface area contributed by atoms with E-state index < -0.39 is 0 Å². The van der Waals surface area contributed by atoms with Crippen molar-refractivity contribution in [2.24, 2.45) is 11.7 Å². The quantitative estimate of drug-likeness (QED) is 0.842. The third-order valence-electron chi connectivity index (χ3n) is 4.53. The molecule has 4 heteroatoms. The fourth-order valence-corrected chi connectivity index (χ4v) is 3.08. The molecule has 2 rings (SSSR count). The molecule has 2 fully saturated rings. The van der Waals surface area contributed by atoms with Crippen LogP contribution in [-0.4, -0.2) is 28.9 Å². The average Bonchev–Trinajstić information content (AvgIpc) is 2.38. The molecule has 0 aromatic heterocycles. The highest BCUT2D eigenvalue weighted by atomic mass is 35.5. The molecule has 1 saturated carbocycles. The molecule has 2 aliphatic rings. The molecular formula is C14H27ClN2O. The lowest BCUT2D eigenvalue weighted by Gasteiger charge is -2.40. The number of nitrogens with zero attached hydrogens (tertiary/aromatic N) is 1. The monoisotopic (exact) mass is 274 g/mol. The third-order valence-corrected chi connectivity index (χ3v) is 4.53. The lowest BCUT2D eigenvalue weighted by molar-refractivity contribution is -0.135. The van der Waals surface area contributed by atoms with Crippen LogP contribution in [0.1, 0.15) is 58.8 Å². The van der Waals surface area contributed by atoms with Crippen molar-refractivity contribution in [3.63, 3.8) is 0 Å². The first-order chi connectivity index (χ1) is 8.00. The van der Waals surface area contributed by atoms with E-state index in [9.17, 15) is 4.79 Å². The molecule has 0 bridgehead atoms. The van der Waals surface area contributed by atoms with Crippen molar-refractivity contribution in [3.8, 4) is 0 Å². The van der Waals surface area contributed by atoms with Crippen molar-refractivity contribution < 1.29 is 4.79 Å². The molecule has 1 amide bonds. The summed E-state index contributed by atoms with van der Waals surface area (Å²) >= 11 is 0. The zero-order chi connectivity index (χ0) is 12.5. The van der Waals surface area contributed by atoms with Gasteiger partial charge in [0.1, 0.15) is 0 Å². The van der Waals surface area contributed by atoms with E-state index in [1.807, 2.05) is 0 Å². The Kier molecular flexibility index (Phi) is 5.47. The van der Waals surface area contributed by atoms with Gasteiger partial charge < -0.3 is 10.6 Å². The molecule has 2 N–H and O–H groups in total. The van der Waals surface area contributed by atoms with Gasteiger partial charge in [-0.2, -0.15) is 0 Å². The van der Waals surface area contributed by atoms with Gasteiger partial charge in [-0.05, 0) is 44.9 Å². The molecular weight excluding hydrogens is 248 g/mol. The SMILES string of the molecule is CC1CCCC(C)N(C(=O)CC2(N)CCC2)C1.Cl. The number of hydrogen-bond donors (Lipinski definition) is 1. The molecule has 0 aromatic carbocycles. The molecule has 18 heavy (non-hydrogen) atoms. The topological polar surface area (TPSA) is 46.3 Å². The Hall–Kier alpha value is -0.280. The molecule has 0 aromatic rings. The van der Waals surface area contributed by atoms with Crippen LogP contribution in [0, 0.1) is 5.92 Å². The van der Waals surface area contributed by atoms with Gasteiger partial charge in [0.2, 0.25) is 5.91 Å². The Labute approximate surface area is 117 Å². The van der Waals surface area contributed by atoms with Crippen molar-refractivity contribution in [3.05, 3.63) is 0 Å². The molecule has 0 radical (unpaired) electrons. The summed E-state index contributed by atoms with van der Waals surface area (Å²) in [6.45, 7) is 5.36. The maximum Gasteiger partial charge on any atom is 0.224 e. The lowest BCUT2D eigenvalue weighted by Crippen LogP contribution is -2.52. The van der Waals surface area contributed by atoms with Gasteiger partial charge in [0, 0.05) is 24.5 Å². The second-order valence-corrected chi connectivity index (χ2v) is 6.32. The Balaban J connectivity index is 0.00000162. The van der Waals surface area contributed by atoms with Gasteiger partial charge >= 0.3 is 0 Å². The zero-order valence-corrected chi connectivity index (χ0v) is 12.5. The Morgan fingerprint density at radius 3 is 2.50 bits per heavy atom. The molecule has 2 unspecified atom stereocenters. The zero-order valence-electron chi connectivity index (χ0n) is 11.7. The third kappa shape index (κ3) is 3.61. The minimum absolute atomic E-state index is 0. The molecule has 1 saturated heterocycles. The van der Waals surface area contributed by atoms with E-state index in [0.717, 1.165) is 25.8 Å². The Morgan fingerprint density at radius 1 is 1.28 bits per heavy atom. The minimum atomic E-state index is -0.174. The molecule has 106 valence electrons. The second kappa shape index (κ2) is 6.25. The number of halogens is 1. The van der Waals surface area contributed by atoms with Crippen LogP contribution in [0.15, 0.2) is 0 Å². The van der Waals surface area contributed by atoms with E-state index in [4.69, 9.17) is 5.73 Å². The number of nitrogens with two attached hydrogens (primary N) is 1. The highest BCUT2D eigenvalue weighted by molar-refractivity contribution is 5.85. The standard InChI is InChI=1S/C14H26N2O.ClH/c1-11-5-3-6-12(2)16(10-11)13(17)9-14(15)7-4-8-14;/h11-12H,3-10,15H2,1-2H3;1H. The first-order valence-electron chi connectivity index (χ1n) is 7.08. The molecule has 1 aliphatic carbocycles. The fraction of sp³-hybridized carbons (Fsp3) is 0.929. The summed E-state index contributed by atoms with van der Waals surface area (Å²) in [5, 5.41) is 0. The van der Waals surface area contributed by atoms with Crippen LogP contribution in [0.25, 0.3) is 0 Å².